The lowest BCUT2D eigenvalue weighted by atomic mass is 10.3. The molecule has 4 nitrogen and oxygen atoms in total. The standard InChI is InChI=1S/C13H12ClFN4/c1-18-5-4-10(17-18)8-19-12-6-9(15)2-3-11(12)16-13(19)7-14/h2-6H,7-8H2,1H3. The zero-order chi connectivity index (χ0) is 13.4. The van der Waals surface area contributed by atoms with Crippen LogP contribution in [-0.4, -0.2) is 19.3 Å². The van der Waals surface area contributed by atoms with Gasteiger partial charge in [0.05, 0.1) is 29.2 Å². The monoisotopic (exact) mass is 278 g/mol. The fraction of sp³-hybridized carbons (Fsp3) is 0.231. The summed E-state index contributed by atoms with van der Waals surface area (Å²) in [5, 5.41) is 4.32. The summed E-state index contributed by atoms with van der Waals surface area (Å²) in [5.74, 6) is 0.715. The Balaban J connectivity index is 2.12. The van der Waals surface area contributed by atoms with Crippen molar-refractivity contribution < 1.29 is 4.39 Å². The van der Waals surface area contributed by atoms with Crippen LogP contribution in [-0.2, 0) is 19.5 Å². The van der Waals surface area contributed by atoms with Gasteiger partial charge in [-0.2, -0.15) is 5.10 Å². The topological polar surface area (TPSA) is 35.6 Å². The predicted molar refractivity (Wildman–Crippen MR) is 71.6 cm³/mol. The van der Waals surface area contributed by atoms with E-state index in [1.54, 1.807) is 10.7 Å². The van der Waals surface area contributed by atoms with E-state index in [9.17, 15) is 4.39 Å². The van der Waals surface area contributed by atoms with Gasteiger partial charge in [-0.1, -0.05) is 0 Å². The van der Waals surface area contributed by atoms with Gasteiger partial charge in [0.15, 0.2) is 0 Å². The van der Waals surface area contributed by atoms with Gasteiger partial charge in [0.25, 0.3) is 0 Å². The van der Waals surface area contributed by atoms with Gasteiger partial charge in [0.1, 0.15) is 11.6 Å². The SMILES string of the molecule is Cn1ccc(Cn2c(CCl)nc3ccc(F)cc32)n1. The predicted octanol–water partition coefficient (Wildman–Crippen LogP) is 2.70. The molecule has 0 amide bonds. The fourth-order valence-corrected chi connectivity index (χ4v) is 2.34. The third-order valence-corrected chi connectivity index (χ3v) is 3.24. The summed E-state index contributed by atoms with van der Waals surface area (Å²) in [6.45, 7) is 0.531. The second kappa shape index (κ2) is 4.66. The lowest BCUT2D eigenvalue weighted by Gasteiger charge is -2.05. The molecule has 0 saturated carbocycles. The van der Waals surface area contributed by atoms with Crippen LogP contribution >= 0.6 is 11.6 Å². The molecule has 2 heterocycles. The Morgan fingerprint density at radius 2 is 2.16 bits per heavy atom. The Morgan fingerprint density at radius 3 is 2.84 bits per heavy atom. The summed E-state index contributed by atoms with van der Waals surface area (Å²) < 4.78 is 17.0. The average molecular weight is 279 g/mol. The van der Waals surface area contributed by atoms with E-state index in [0.717, 1.165) is 16.7 Å². The molecule has 6 heteroatoms. The van der Waals surface area contributed by atoms with Crippen LogP contribution in [0.5, 0.6) is 0 Å². The van der Waals surface area contributed by atoms with Gasteiger partial charge in [0, 0.05) is 13.2 Å². The molecule has 3 rings (SSSR count). The highest BCUT2D eigenvalue weighted by Gasteiger charge is 2.12. The molecule has 1 aromatic carbocycles. The van der Waals surface area contributed by atoms with E-state index >= 15 is 0 Å². The van der Waals surface area contributed by atoms with Crippen LogP contribution in [0, 0.1) is 5.82 Å². The van der Waals surface area contributed by atoms with Gasteiger partial charge in [-0.05, 0) is 24.3 Å². The summed E-state index contributed by atoms with van der Waals surface area (Å²) in [4.78, 5) is 4.41. The lowest BCUT2D eigenvalue weighted by Crippen LogP contribution is -2.05. The molecule has 0 unspecified atom stereocenters. The minimum atomic E-state index is -0.282. The molecule has 0 aliphatic carbocycles. The van der Waals surface area contributed by atoms with E-state index in [2.05, 4.69) is 10.1 Å². The van der Waals surface area contributed by atoms with Crippen LogP contribution in [0.1, 0.15) is 11.5 Å². The highest BCUT2D eigenvalue weighted by atomic mass is 35.5. The quantitative estimate of drug-likeness (QED) is 0.691. The Kier molecular flexibility index (Phi) is 2.98. The van der Waals surface area contributed by atoms with Crippen LogP contribution in [0.3, 0.4) is 0 Å². The number of rotatable bonds is 3. The third-order valence-electron chi connectivity index (χ3n) is 3.00. The Hall–Kier alpha value is -1.88. The zero-order valence-electron chi connectivity index (χ0n) is 10.3. The number of imidazole rings is 1. The molecule has 0 atom stereocenters. The Labute approximate surface area is 114 Å². The van der Waals surface area contributed by atoms with Gasteiger partial charge < -0.3 is 4.57 Å². The van der Waals surface area contributed by atoms with Crippen LogP contribution < -0.4 is 0 Å². The van der Waals surface area contributed by atoms with Crippen LogP contribution in [0.15, 0.2) is 30.5 Å². The lowest BCUT2D eigenvalue weighted by molar-refractivity contribution is 0.628. The number of hydrogen-bond donors (Lipinski definition) is 0. The second-order valence-electron chi connectivity index (χ2n) is 4.36. The van der Waals surface area contributed by atoms with Crippen molar-refractivity contribution in [1.29, 1.82) is 0 Å². The normalized spacial score (nSPS) is 11.3. The van der Waals surface area contributed by atoms with Crippen LogP contribution in [0.4, 0.5) is 4.39 Å². The second-order valence-corrected chi connectivity index (χ2v) is 4.63. The van der Waals surface area contributed by atoms with E-state index in [1.165, 1.54) is 12.1 Å². The average Bonchev–Trinajstić information content (AvgIpc) is 2.94. The van der Waals surface area contributed by atoms with Gasteiger partial charge >= 0.3 is 0 Å². The van der Waals surface area contributed by atoms with Crippen molar-refractivity contribution in [3.8, 4) is 0 Å². The first-order chi connectivity index (χ1) is 9.17. The van der Waals surface area contributed by atoms with Gasteiger partial charge in [-0.25, -0.2) is 9.37 Å². The number of nitrogens with zero attached hydrogens (tertiary/aromatic N) is 4. The van der Waals surface area contributed by atoms with Crippen molar-refractivity contribution in [3.63, 3.8) is 0 Å². The number of aryl methyl sites for hydroxylation is 1. The number of fused-ring (bicyclic) bond motifs is 1. The molecule has 0 aliphatic heterocycles. The summed E-state index contributed by atoms with van der Waals surface area (Å²) in [6, 6.07) is 6.46. The largest absolute Gasteiger partial charge is 0.321 e. The van der Waals surface area contributed by atoms with E-state index in [1.807, 2.05) is 23.9 Å². The summed E-state index contributed by atoms with van der Waals surface area (Å²) in [7, 11) is 1.86. The Morgan fingerprint density at radius 1 is 1.32 bits per heavy atom. The summed E-state index contributed by atoms with van der Waals surface area (Å²) >= 11 is 5.91. The van der Waals surface area contributed by atoms with Crippen molar-refractivity contribution in [2.24, 2.45) is 7.05 Å². The smallest absolute Gasteiger partial charge is 0.125 e. The summed E-state index contributed by atoms with van der Waals surface area (Å²) in [6.07, 6.45) is 1.87. The molecule has 0 fully saturated rings. The number of aromatic nitrogens is 4. The maximum absolute atomic E-state index is 13.4. The molecule has 3 aromatic rings. The molecule has 0 N–H and O–H groups in total. The highest BCUT2D eigenvalue weighted by Crippen LogP contribution is 2.20. The van der Waals surface area contributed by atoms with E-state index in [0.29, 0.717) is 12.4 Å². The maximum Gasteiger partial charge on any atom is 0.125 e. The zero-order valence-corrected chi connectivity index (χ0v) is 11.1. The van der Waals surface area contributed by atoms with Crippen molar-refractivity contribution in [2.45, 2.75) is 12.4 Å². The van der Waals surface area contributed by atoms with Gasteiger partial charge in [-0.3, -0.25) is 4.68 Å². The molecular formula is C13H12ClFN4. The number of hydrogen-bond acceptors (Lipinski definition) is 2. The van der Waals surface area contributed by atoms with E-state index in [-0.39, 0.29) is 11.7 Å². The highest BCUT2D eigenvalue weighted by molar-refractivity contribution is 6.16. The molecule has 98 valence electrons. The van der Waals surface area contributed by atoms with Crippen LogP contribution in [0.25, 0.3) is 11.0 Å². The minimum absolute atomic E-state index is 0.281. The fourth-order valence-electron chi connectivity index (χ4n) is 2.13. The van der Waals surface area contributed by atoms with Gasteiger partial charge in [0.2, 0.25) is 0 Å². The molecule has 0 saturated heterocycles. The van der Waals surface area contributed by atoms with Crippen molar-refractivity contribution >= 4 is 22.6 Å². The minimum Gasteiger partial charge on any atom is -0.321 e. The molecule has 19 heavy (non-hydrogen) atoms. The summed E-state index contributed by atoms with van der Waals surface area (Å²) in [5.41, 5.74) is 2.37. The van der Waals surface area contributed by atoms with Crippen LogP contribution in [0.2, 0.25) is 0 Å². The van der Waals surface area contributed by atoms with Crippen molar-refractivity contribution in [1.82, 2.24) is 19.3 Å². The van der Waals surface area contributed by atoms with E-state index in [4.69, 9.17) is 11.6 Å². The molecule has 0 spiro atoms. The maximum atomic E-state index is 13.4. The van der Waals surface area contributed by atoms with Crippen molar-refractivity contribution in [2.75, 3.05) is 0 Å². The molecule has 0 radical (unpaired) electrons. The van der Waals surface area contributed by atoms with Gasteiger partial charge in [-0.15, -0.1) is 11.6 Å². The number of alkyl halides is 1. The third kappa shape index (κ3) is 2.21. The first-order valence-electron chi connectivity index (χ1n) is 5.86. The first-order valence-corrected chi connectivity index (χ1v) is 6.40. The van der Waals surface area contributed by atoms with Crippen molar-refractivity contribution in [3.05, 3.63) is 47.8 Å². The first kappa shape index (κ1) is 12.2. The van der Waals surface area contributed by atoms with E-state index < -0.39 is 0 Å². The molecule has 2 aromatic heterocycles. The number of halogens is 2. The number of benzene rings is 1. The molecular weight excluding hydrogens is 267 g/mol. The molecule has 0 bridgehead atoms. The molecule has 0 aliphatic rings. The Bertz CT molecular complexity index is 731.